The number of aliphatic imine (C=N–C) groups is 1. The van der Waals surface area contributed by atoms with Crippen molar-refractivity contribution in [1.82, 2.24) is 4.98 Å². The van der Waals surface area contributed by atoms with Crippen LogP contribution in [-0.4, -0.2) is 11.2 Å². The number of aromatic nitrogens is 1. The van der Waals surface area contributed by atoms with Gasteiger partial charge in [-0.05, 0) is 42.5 Å². The van der Waals surface area contributed by atoms with Crippen molar-refractivity contribution < 1.29 is 8.81 Å². The Morgan fingerprint density at radius 2 is 1.88 bits per heavy atom. The first-order valence-electron chi connectivity index (χ1n) is 7.64. The van der Waals surface area contributed by atoms with Crippen LogP contribution >= 0.6 is 11.6 Å². The van der Waals surface area contributed by atoms with Gasteiger partial charge in [-0.2, -0.15) is 0 Å². The first-order chi connectivity index (χ1) is 12.2. The second-order valence-corrected chi connectivity index (χ2v) is 5.87. The molecule has 0 saturated carbocycles. The Bertz CT molecular complexity index is 1090. The van der Waals surface area contributed by atoms with E-state index in [9.17, 15) is 4.39 Å². The highest BCUT2D eigenvalue weighted by Crippen LogP contribution is 2.27. The first-order valence-corrected chi connectivity index (χ1v) is 8.02. The van der Waals surface area contributed by atoms with Crippen molar-refractivity contribution in [2.75, 3.05) is 0 Å². The highest BCUT2D eigenvalue weighted by atomic mass is 35.5. The lowest BCUT2D eigenvalue weighted by molar-refractivity contribution is 0.611. The standard InChI is InChI=1S/C20H12ClFN2O/c21-17-7-2-1-4-14(17)12-23-16-8-9-19-18(11-16)24-20(25-19)13-5-3-6-15(22)10-13/h1-12H. The van der Waals surface area contributed by atoms with Crippen LogP contribution in [0.25, 0.3) is 22.6 Å². The summed E-state index contributed by atoms with van der Waals surface area (Å²) in [5.41, 5.74) is 3.44. The van der Waals surface area contributed by atoms with Crippen molar-refractivity contribution in [1.29, 1.82) is 0 Å². The molecule has 0 aliphatic heterocycles. The van der Waals surface area contributed by atoms with Crippen LogP contribution in [0.1, 0.15) is 5.56 Å². The third-order valence-corrected chi connectivity index (χ3v) is 4.04. The van der Waals surface area contributed by atoms with Gasteiger partial charge in [0.05, 0.1) is 5.69 Å². The molecule has 4 rings (SSSR count). The predicted molar refractivity (Wildman–Crippen MR) is 98.1 cm³/mol. The second kappa shape index (κ2) is 6.49. The molecule has 0 spiro atoms. The van der Waals surface area contributed by atoms with Crippen molar-refractivity contribution in [2.24, 2.45) is 4.99 Å². The van der Waals surface area contributed by atoms with Crippen LogP contribution < -0.4 is 0 Å². The molecular weight excluding hydrogens is 339 g/mol. The van der Waals surface area contributed by atoms with Crippen LogP contribution in [0.3, 0.4) is 0 Å². The fraction of sp³-hybridized carbons (Fsp3) is 0. The number of benzene rings is 3. The Kier molecular flexibility index (Phi) is 4.04. The lowest BCUT2D eigenvalue weighted by Gasteiger charge is -1.96. The van der Waals surface area contributed by atoms with E-state index in [-0.39, 0.29) is 5.82 Å². The normalized spacial score (nSPS) is 11.4. The summed E-state index contributed by atoms with van der Waals surface area (Å²) < 4.78 is 19.1. The number of hydrogen-bond acceptors (Lipinski definition) is 3. The minimum absolute atomic E-state index is 0.329. The number of halogens is 2. The molecule has 0 atom stereocenters. The van der Waals surface area contributed by atoms with E-state index in [2.05, 4.69) is 9.98 Å². The van der Waals surface area contributed by atoms with E-state index < -0.39 is 0 Å². The summed E-state index contributed by atoms with van der Waals surface area (Å²) in [5, 5.41) is 0.641. The van der Waals surface area contributed by atoms with Crippen LogP contribution in [0.4, 0.5) is 10.1 Å². The maximum atomic E-state index is 13.4. The van der Waals surface area contributed by atoms with Crippen LogP contribution in [-0.2, 0) is 0 Å². The molecule has 3 aromatic carbocycles. The number of oxazole rings is 1. The number of nitrogens with zero attached hydrogens (tertiary/aromatic N) is 2. The summed E-state index contributed by atoms with van der Waals surface area (Å²) in [5.74, 6) is 0.0477. The molecule has 3 nitrogen and oxygen atoms in total. The quantitative estimate of drug-likeness (QED) is 0.422. The zero-order valence-corrected chi connectivity index (χ0v) is 13.7. The average molecular weight is 351 g/mol. The molecule has 0 aliphatic carbocycles. The molecule has 1 heterocycles. The summed E-state index contributed by atoms with van der Waals surface area (Å²) in [4.78, 5) is 8.86. The molecule has 0 saturated heterocycles. The summed E-state index contributed by atoms with van der Waals surface area (Å²) in [6.07, 6.45) is 1.71. The van der Waals surface area contributed by atoms with Gasteiger partial charge in [0.2, 0.25) is 5.89 Å². The highest BCUT2D eigenvalue weighted by molar-refractivity contribution is 6.33. The van der Waals surface area contributed by atoms with Crippen LogP contribution in [0.5, 0.6) is 0 Å². The zero-order chi connectivity index (χ0) is 17.2. The smallest absolute Gasteiger partial charge is 0.227 e. The molecule has 0 fully saturated rings. The summed E-state index contributed by atoms with van der Waals surface area (Å²) in [6, 6.07) is 19.1. The van der Waals surface area contributed by atoms with Gasteiger partial charge in [0.15, 0.2) is 5.58 Å². The van der Waals surface area contributed by atoms with Gasteiger partial charge >= 0.3 is 0 Å². The molecule has 0 unspecified atom stereocenters. The molecule has 1 aromatic heterocycles. The second-order valence-electron chi connectivity index (χ2n) is 5.46. The maximum absolute atomic E-state index is 13.4. The van der Waals surface area contributed by atoms with E-state index in [1.165, 1.54) is 12.1 Å². The molecule has 25 heavy (non-hydrogen) atoms. The Balaban J connectivity index is 1.68. The van der Waals surface area contributed by atoms with Gasteiger partial charge in [0.25, 0.3) is 0 Å². The van der Waals surface area contributed by atoms with Crippen molar-refractivity contribution in [3.05, 3.63) is 83.1 Å². The molecule has 0 bridgehead atoms. The van der Waals surface area contributed by atoms with Gasteiger partial charge in [-0.25, -0.2) is 9.37 Å². The van der Waals surface area contributed by atoms with Crippen LogP contribution in [0, 0.1) is 5.82 Å². The van der Waals surface area contributed by atoms with Gasteiger partial charge in [-0.3, -0.25) is 4.99 Å². The summed E-state index contributed by atoms with van der Waals surface area (Å²) in [6.45, 7) is 0. The van der Waals surface area contributed by atoms with Crippen molar-refractivity contribution >= 4 is 34.6 Å². The van der Waals surface area contributed by atoms with Crippen LogP contribution in [0.15, 0.2) is 76.1 Å². The van der Waals surface area contributed by atoms with Gasteiger partial charge in [0, 0.05) is 22.4 Å². The third kappa shape index (κ3) is 3.30. The maximum Gasteiger partial charge on any atom is 0.227 e. The molecule has 0 amide bonds. The lowest BCUT2D eigenvalue weighted by atomic mass is 10.2. The van der Waals surface area contributed by atoms with E-state index in [4.69, 9.17) is 16.0 Å². The molecule has 0 radical (unpaired) electrons. The monoisotopic (exact) mass is 350 g/mol. The largest absolute Gasteiger partial charge is 0.436 e. The van der Waals surface area contributed by atoms with Crippen molar-refractivity contribution in [3.8, 4) is 11.5 Å². The Hall–Kier alpha value is -2.98. The Morgan fingerprint density at radius 3 is 2.72 bits per heavy atom. The van der Waals surface area contributed by atoms with Crippen molar-refractivity contribution in [3.63, 3.8) is 0 Å². The van der Waals surface area contributed by atoms with Crippen molar-refractivity contribution in [2.45, 2.75) is 0 Å². The summed E-state index contributed by atoms with van der Waals surface area (Å²) >= 11 is 6.12. The highest BCUT2D eigenvalue weighted by Gasteiger charge is 2.09. The number of rotatable bonds is 3. The summed E-state index contributed by atoms with van der Waals surface area (Å²) in [7, 11) is 0. The molecule has 5 heteroatoms. The zero-order valence-electron chi connectivity index (χ0n) is 13.0. The number of hydrogen-bond donors (Lipinski definition) is 0. The van der Waals surface area contributed by atoms with E-state index in [1.807, 2.05) is 36.4 Å². The van der Waals surface area contributed by atoms with E-state index >= 15 is 0 Å². The minimum atomic E-state index is -0.329. The lowest BCUT2D eigenvalue weighted by Crippen LogP contribution is -1.81. The number of fused-ring (bicyclic) bond motifs is 1. The average Bonchev–Trinajstić information content (AvgIpc) is 3.04. The SMILES string of the molecule is Fc1cccc(-c2nc3cc(N=Cc4ccccc4Cl)ccc3o2)c1. The topological polar surface area (TPSA) is 38.4 Å². The fourth-order valence-electron chi connectivity index (χ4n) is 2.46. The molecule has 0 N–H and O–H groups in total. The minimum Gasteiger partial charge on any atom is -0.436 e. The fourth-order valence-corrected chi connectivity index (χ4v) is 2.65. The molecule has 0 aliphatic rings. The molecule has 4 aromatic rings. The van der Waals surface area contributed by atoms with Gasteiger partial charge in [0.1, 0.15) is 11.3 Å². The van der Waals surface area contributed by atoms with Gasteiger partial charge in [-0.15, -0.1) is 0 Å². The Labute approximate surface area is 148 Å². The third-order valence-electron chi connectivity index (χ3n) is 3.70. The first kappa shape index (κ1) is 15.5. The van der Waals surface area contributed by atoms with Crippen LogP contribution in [0.2, 0.25) is 5.02 Å². The molecular formula is C20H12ClFN2O. The van der Waals surface area contributed by atoms with E-state index in [0.717, 1.165) is 11.3 Å². The predicted octanol–water partition coefficient (Wildman–Crippen LogP) is 6.04. The van der Waals surface area contributed by atoms with E-state index in [1.54, 1.807) is 24.4 Å². The van der Waals surface area contributed by atoms with Gasteiger partial charge in [-0.1, -0.05) is 35.9 Å². The Morgan fingerprint density at radius 1 is 1.00 bits per heavy atom. The van der Waals surface area contributed by atoms with E-state index in [0.29, 0.717) is 27.6 Å². The van der Waals surface area contributed by atoms with Gasteiger partial charge < -0.3 is 4.42 Å². The molecule has 122 valence electrons.